The Bertz CT molecular complexity index is 519. The molecule has 0 saturated carbocycles. The van der Waals surface area contributed by atoms with E-state index in [2.05, 4.69) is 29.8 Å². The van der Waals surface area contributed by atoms with Gasteiger partial charge < -0.3 is 0 Å². The van der Waals surface area contributed by atoms with Gasteiger partial charge in [-0.05, 0) is 29.4 Å². The molecule has 2 aromatic rings. The summed E-state index contributed by atoms with van der Waals surface area (Å²) in [5, 5.41) is 1.74. The molecule has 0 radical (unpaired) electrons. The molecule has 0 spiro atoms. The Kier molecular flexibility index (Phi) is 3.82. The van der Waals surface area contributed by atoms with Gasteiger partial charge in [-0.1, -0.05) is 60.1 Å². The molecular weight excluding hydrogens is 279 g/mol. The predicted octanol–water partition coefficient (Wildman–Crippen LogP) is 4.94. The van der Waals surface area contributed by atoms with Crippen molar-refractivity contribution >= 4 is 26.7 Å². The van der Waals surface area contributed by atoms with Crippen molar-refractivity contribution < 1.29 is 4.39 Å². The first-order valence-corrected chi connectivity index (χ1v) is 6.81. The predicted molar refractivity (Wildman–Crippen MR) is 75.2 cm³/mol. The fourth-order valence-corrected chi connectivity index (χ4v) is 2.30. The van der Waals surface area contributed by atoms with Crippen LogP contribution in [-0.4, -0.2) is 4.83 Å². The molecule has 2 aromatic carbocycles. The lowest BCUT2D eigenvalue weighted by Crippen LogP contribution is -2.10. The number of rotatable bonds is 3. The molecule has 0 bridgehead atoms. The van der Waals surface area contributed by atoms with E-state index in [1.54, 1.807) is 6.07 Å². The maximum atomic E-state index is 13.7. The molecule has 0 saturated heterocycles. The number of hydrogen-bond donors (Lipinski definition) is 0. The normalized spacial score (nSPS) is 13.2. The van der Waals surface area contributed by atoms with Crippen molar-refractivity contribution in [3.63, 3.8) is 0 Å². The lowest BCUT2D eigenvalue weighted by atomic mass is 9.97. The summed E-state index contributed by atoms with van der Waals surface area (Å²) in [5.41, 5.74) is 1.21. The van der Waals surface area contributed by atoms with Gasteiger partial charge in [0.05, 0.1) is 0 Å². The average molecular weight is 295 g/mol. The Morgan fingerprint density at radius 3 is 2.35 bits per heavy atom. The quantitative estimate of drug-likeness (QED) is 0.703. The van der Waals surface area contributed by atoms with Crippen LogP contribution >= 0.6 is 15.9 Å². The van der Waals surface area contributed by atoms with Crippen molar-refractivity contribution in [1.29, 1.82) is 0 Å². The first-order chi connectivity index (χ1) is 8.09. The third-order valence-corrected chi connectivity index (χ3v) is 4.48. The Morgan fingerprint density at radius 1 is 1.06 bits per heavy atom. The van der Waals surface area contributed by atoms with Crippen molar-refractivity contribution in [3.8, 4) is 0 Å². The molecule has 1 atom stereocenters. The van der Waals surface area contributed by atoms with Gasteiger partial charge in [0.1, 0.15) is 5.82 Å². The average Bonchev–Trinajstić information content (AvgIpc) is 2.33. The number of benzene rings is 2. The Labute approximate surface area is 110 Å². The smallest absolute Gasteiger partial charge is 0.131 e. The van der Waals surface area contributed by atoms with E-state index in [4.69, 9.17) is 0 Å². The van der Waals surface area contributed by atoms with E-state index in [1.165, 1.54) is 5.56 Å². The lowest BCUT2D eigenvalue weighted by Gasteiger charge is -2.15. The molecule has 17 heavy (non-hydrogen) atoms. The Hall–Kier alpha value is -0.890. The summed E-state index contributed by atoms with van der Waals surface area (Å²) in [5.74, 6) is 0.429. The summed E-state index contributed by atoms with van der Waals surface area (Å²) in [6.07, 6.45) is 0.929. The molecule has 0 nitrogen and oxygen atoms in total. The second kappa shape index (κ2) is 5.18. The Morgan fingerprint density at radius 2 is 1.71 bits per heavy atom. The zero-order valence-electron chi connectivity index (χ0n) is 10.1. The van der Waals surface area contributed by atoms with Gasteiger partial charge in [-0.3, -0.25) is 0 Å². The monoisotopic (exact) mass is 294 g/mol. The molecule has 0 aliphatic carbocycles. The molecule has 0 aromatic heterocycles. The minimum absolute atomic E-state index is 0.139. The van der Waals surface area contributed by atoms with Gasteiger partial charge in [-0.25, -0.2) is 4.39 Å². The molecule has 2 rings (SSSR count). The maximum Gasteiger partial charge on any atom is 0.131 e. The zero-order valence-corrected chi connectivity index (χ0v) is 11.7. The topological polar surface area (TPSA) is 0 Å². The summed E-state index contributed by atoms with van der Waals surface area (Å²) in [6, 6.07) is 11.1. The summed E-state index contributed by atoms with van der Waals surface area (Å²) < 4.78 is 13.7. The molecule has 2 heteroatoms. The van der Waals surface area contributed by atoms with Crippen LogP contribution in [-0.2, 0) is 6.42 Å². The standard InChI is InChI=1S/C15H16BrF/c1-10(2)14(16)9-11-7-8-15(17)13-6-4-3-5-12(11)13/h3-8,10,14H,9H2,1-2H3. The van der Waals surface area contributed by atoms with Crippen LogP contribution in [0.25, 0.3) is 10.8 Å². The van der Waals surface area contributed by atoms with E-state index in [9.17, 15) is 4.39 Å². The molecule has 90 valence electrons. The van der Waals surface area contributed by atoms with Crippen molar-refractivity contribution in [2.24, 2.45) is 5.92 Å². The molecule has 0 N–H and O–H groups in total. The molecule has 0 heterocycles. The summed E-state index contributed by atoms with van der Waals surface area (Å²) in [7, 11) is 0. The molecule has 0 aliphatic heterocycles. The number of hydrogen-bond acceptors (Lipinski definition) is 0. The summed E-state index contributed by atoms with van der Waals surface area (Å²) >= 11 is 3.69. The number of alkyl halides is 1. The first kappa shape index (κ1) is 12.6. The van der Waals surface area contributed by atoms with Gasteiger partial charge in [0, 0.05) is 10.2 Å². The van der Waals surface area contributed by atoms with E-state index in [0.29, 0.717) is 16.1 Å². The fraction of sp³-hybridized carbons (Fsp3) is 0.333. The lowest BCUT2D eigenvalue weighted by molar-refractivity contribution is 0.612. The van der Waals surface area contributed by atoms with Gasteiger partial charge in [0.15, 0.2) is 0 Å². The third kappa shape index (κ3) is 2.68. The van der Waals surface area contributed by atoms with Gasteiger partial charge in [-0.15, -0.1) is 0 Å². The molecule has 0 fully saturated rings. The highest BCUT2D eigenvalue weighted by Gasteiger charge is 2.12. The summed E-state index contributed by atoms with van der Waals surface area (Å²) in [4.78, 5) is 0.427. The van der Waals surface area contributed by atoms with Crippen molar-refractivity contribution in [3.05, 3.63) is 47.8 Å². The van der Waals surface area contributed by atoms with E-state index < -0.39 is 0 Å². The van der Waals surface area contributed by atoms with Crippen LogP contribution in [0.2, 0.25) is 0 Å². The van der Waals surface area contributed by atoms with Crippen LogP contribution in [0.3, 0.4) is 0 Å². The van der Waals surface area contributed by atoms with Crippen molar-refractivity contribution in [2.75, 3.05) is 0 Å². The number of fused-ring (bicyclic) bond motifs is 1. The van der Waals surface area contributed by atoms with Crippen LogP contribution in [0.4, 0.5) is 4.39 Å². The van der Waals surface area contributed by atoms with E-state index in [1.807, 2.05) is 30.3 Å². The van der Waals surface area contributed by atoms with Crippen LogP contribution in [0.15, 0.2) is 36.4 Å². The van der Waals surface area contributed by atoms with Crippen LogP contribution < -0.4 is 0 Å². The molecule has 0 amide bonds. The van der Waals surface area contributed by atoms with Crippen LogP contribution in [0, 0.1) is 11.7 Å². The maximum absolute atomic E-state index is 13.7. The second-order valence-electron chi connectivity index (χ2n) is 4.72. The SMILES string of the molecule is CC(C)C(Br)Cc1ccc(F)c2ccccc12. The van der Waals surface area contributed by atoms with E-state index in [-0.39, 0.29) is 5.82 Å². The van der Waals surface area contributed by atoms with Gasteiger partial charge in [-0.2, -0.15) is 0 Å². The number of halogens is 2. The van der Waals surface area contributed by atoms with Gasteiger partial charge >= 0.3 is 0 Å². The molecule has 1 unspecified atom stereocenters. The minimum atomic E-state index is -0.139. The summed E-state index contributed by atoms with van der Waals surface area (Å²) in [6.45, 7) is 4.37. The van der Waals surface area contributed by atoms with E-state index >= 15 is 0 Å². The van der Waals surface area contributed by atoms with Crippen LogP contribution in [0.5, 0.6) is 0 Å². The van der Waals surface area contributed by atoms with Crippen molar-refractivity contribution in [1.82, 2.24) is 0 Å². The first-order valence-electron chi connectivity index (χ1n) is 5.90. The fourth-order valence-electron chi connectivity index (χ4n) is 1.95. The highest BCUT2D eigenvalue weighted by atomic mass is 79.9. The third-order valence-electron chi connectivity index (χ3n) is 3.10. The van der Waals surface area contributed by atoms with Crippen LogP contribution in [0.1, 0.15) is 19.4 Å². The van der Waals surface area contributed by atoms with Gasteiger partial charge in [0.2, 0.25) is 0 Å². The highest BCUT2D eigenvalue weighted by molar-refractivity contribution is 9.09. The Balaban J connectivity index is 2.45. The second-order valence-corrected chi connectivity index (χ2v) is 5.89. The largest absolute Gasteiger partial charge is 0.206 e. The van der Waals surface area contributed by atoms with E-state index in [0.717, 1.165) is 11.8 Å². The van der Waals surface area contributed by atoms with Crippen molar-refractivity contribution in [2.45, 2.75) is 25.1 Å². The molecule has 0 aliphatic rings. The minimum Gasteiger partial charge on any atom is -0.206 e. The highest BCUT2D eigenvalue weighted by Crippen LogP contribution is 2.26. The van der Waals surface area contributed by atoms with Gasteiger partial charge in [0.25, 0.3) is 0 Å². The molecular formula is C15H16BrF. The zero-order chi connectivity index (χ0) is 12.4.